The zero-order chi connectivity index (χ0) is 12.6. The molecule has 0 N–H and O–H groups in total. The first-order valence-corrected chi connectivity index (χ1v) is 6.42. The summed E-state index contributed by atoms with van der Waals surface area (Å²) in [7, 11) is -4.49. The second-order valence-electron chi connectivity index (χ2n) is 3.89. The molecule has 1 aliphatic rings. The van der Waals surface area contributed by atoms with Gasteiger partial charge in [0.2, 0.25) is 0 Å². The summed E-state index contributed by atoms with van der Waals surface area (Å²) in [5.74, 6) is -1.11. The van der Waals surface area contributed by atoms with E-state index in [-0.39, 0.29) is 58.9 Å². The molecule has 1 fully saturated rings. The maximum Gasteiger partial charge on any atom is 1.00 e. The number of benzene rings is 1. The molecule has 2 rings (SSSR count). The molecule has 0 aliphatic heterocycles. The fourth-order valence-electron chi connectivity index (χ4n) is 1.91. The Morgan fingerprint density at radius 2 is 1.44 bits per heavy atom. The van der Waals surface area contributed by atoms with Gasteiger partial charge in [-0.25, -0.2) is 8.42 Å². The Morgan fingerprint density at radius 1 is 1.00 bits per heavy atom. The van der Waals surface area contributed by atoms with Gasteiger partial charge >= 0.3 is 29.6 Å². The second kappa shape index (κ2) is 5.63. The molecule has 1 aliphatic carbocycles. The molecular weight excluding hydrogens is 267 g/mol. The van der Waals surface area contributed by atoms with Crippen LogP contribution in [0.2, 0.25) is 0 Å². The van der Waals surface area contributed by atoms with Crippen LogP contribution >= 0.6 is 0 Å². The number of hydrogen-bond donors (Lipinski definition) is 0. The Morgan fingerprint density at radius 3 is 1.83 bits per heavy atom. The smallest absolute Gasteiger partial charge is 0.744 e. The van der Waals surface area contributed by atoms with Gasteiger partial charge in [-0.1, -0.05) is 12.1 Å². The molecule has 0 radical (unpaired) electrons. The van der Waals surface area contributed by atoms with Crippen LogP contribution in [0, 0.1) is 0 Å². The van der Waals surface area contributed by atoms with E-state index in [1.165, 1.54) is 12.1 Å². The molecule has 0 spiro atoms. The monoisotopic (exact) mass is 276 g/mol. The van der Waals surface area contributed by atoms with Gasteiger partial charge in [0, 0.05) is 12.8 Å². The van der Waals surface area contributed by atoms with E-state index in [1.54, 1.807) is 0 Å². The molecule has 0 atom stereocenters. The molecule has 0 saturated heterocycles. The molecule has 0 amide bonds. The first kappa shape index (κ1) is 15.5. The van der Waals surface area contributed by atoms with Gasteiger partial charge in [0.1, 0.15) is 27.6 Å². The van der Waals surface area contributed by atoms with Crippen LogP contribution < -0.4 is 29.6 Å². The minimum absolute atomic E-state index is 0. The number of rotatable bonds is 2. The Balaban J connectivity index is 0.00000162. The average molecular weight is 276 g/mol. The summed E-state index contributed by atoms with van der Waals surface area (Å²) in [6.07, 6.45) is 0.455. The standard InChI is InChI=1S/C11H10O5S.Na/c12-9-5-6-10(13)11(9)7-1-3-8(4-2-7)17(14,15)16;/h1-4,11H,5-6H2,(H,14,15,16);/q;+1/p-1. The molecule has 0 unspecified atom stereocenters. The number of carbonyl (C=O) groups excluding carboxylic acids is 2. The minimum atomic E-state index is -4.49. The quantitative estimate of drug-likeness (QED) is 0.341. The van der Waals surface area contributed by atoms with E-state index in [0.717, 1.165) is 12.1 Å². The third kappa shape index (κ3) is 3.07. The maximum absolute atomic E-state index is 11.5. The van der Waals surface area contributed by atoms with Gasteiger partial charge in [0.25, 0.3) is 0 Å². The predicted molar refractivity (Wildman–Crippen MR) is 56.4 cm³/mol. The first-order valence-electron chi connectivity index (χ1n) is 5.01. The zero-order valence-electron chi connectivity index (χ0n) is 9.75. The Bertz CT molecular complexity index is 560. The molecule has 18 heavy (non-hydrogen) atoms. The van der Waals surface area contributed by atoms with E-state index in [1.807, 2.05) is 0 Å². The third-order valence-electron chi connectivity index (χ3n) is 2.76. The van der Waals surface area contributed by atoms with Gasteiger partial charge in [-0.15, -0.1) is 0 Å². The molecule has 1 aromatic carbocycles. The summed E-state index contributed by atoms with van der Waals surface area (Å²) in [6.45, 7) is 0. The summed E-state index contributed by atoms with van der Waals surface area (Å²) in [5.41, 5.74) is 0.449. The summed E-state index contributed by atoms with van der Waals surface area (Å²) in [5, 5.41) is 0. The fourth-order valence-corrected chi connectivity index (χ4v) is 2.38. The molecule has 90 valence electrons. The Hall–Kier alpha value is -0.530. The topological polar surface area (TPSA) is 91.3 Å². The predicted octanol–water partition coefficient (Wildman–Crippen LogP) is -2.39. The molecule has 7 heteroatoms. The van der Waals surface area contributed by atoms with Gasteiger partial charge in [-0.05, 0) is 17.7 Å². The van der Waals surface area contributed by atoms with E-state index < -0.39 is 16.0 Å². The van der Waals surface area contributed by atoms with Gasteiger partial charge in [0.05, 0.1) is 4.90 Å². The average Bonchev–Trinajstić information content (AvgIpc) is 2.58. The van der Waals surface area contributed by atoms with E-state index in [0.29, 0.717) is 5.56 Å². The van der Waals surface area contributed by atoms with E-state index >= 15 is 0 Å². The molecular formula is C11H9NaO5S. The van der Waals surface area contributed by atoms with Crippen molar-refractivity contribution in [3.8, 4) is 0 Å². The second-order valence-corrected chi connectivity index (χ2v) is 5.27. The molecule has 0 bridgehead atoms. The van der Waals surface area contributed by atoms with E-state index in [4.69, 9.17) is 0 Å². The van der Waals surface area contributed by atoms with Crippen molar-refractivity contribution in [3.05, 3.63) is 29.8 Å². The zero-order valence-corrected chi connectivity index (χ0v) is 12.6. The van der Waals surface area contributed by atoms with Crippen molar-refractivity contribution < 1.29 is 52.1 Å². The van der Waals surface area contributed by atoms with Crippen molar-refractivity contribution >= 4 is 21.7 Å². The first-order chi connectivity index (χ1) is 7.89. The van der Waals surface area contributed by atoms with Gasteiger partial charge in [-0.3, -0.25) is 9.59 Å². The normalized spacial score (nSPS) is 16.7. The van der Waals surface area contributed by atoms with Crippen LogP contribution in [-0.4, -0.2) is 24.5 Å². The van der Waals surface area contributed by atoms with Crippen molar-refractivity contribution in [2.75, 3.05) is 0 Å². The van der Waals surface area contributed by atoms with Crippen molar-refractivity contribution in [1.82, 2.24) is 0 Å². The van der Waals surface area contributed by atoms with Crippen molar-refractivity contribution in [3.63, 3.8) is 0 Å². The van der Waals surface area contributed by atoms with Crippen molar-refractivity contribution in [2.45, 2.75) is 23.7 Å². The SMILES string of the molecule is O=C1CCC(=O)C1c1ccc(S(=O)(=O)[O-])cc1.[Na+]. The van der Waals surface area contributed by atoms with Crippen LogP contribution in [0.3, 0.4) is 0 Å². The van der Waals surface area contributed by atoms with Crippen LogP contribution in [0.1, 0.15) is 24.3 Å². The van der Waals surface area contributed by atoms with Crippen LogP contribution in [0.25, 0.3) is 0 Å². The van der Waals surface area contributed by atoms with Crippen LogP contribution in [0.15, 0.2) is 29.2 Å². The summed E-state index contributed by atoms with van der Waals surface area (Å²) >= 11 is 0. The molecule has 1 saturated carbocycles. The van der Waals surface area contributed by atoms with Crippen LogP contribution in [0.4, 0.5) is 0 Å². The van der Waals surface area contributed by atoms with E-state index in [2.05, 4.69) is 0 Å². The molecule has 0 aromatic heterocycles. The van der Waals surface area contributed by atoms with Crippen LogP contribution in [-0.2, 0) is 19.7 Å². The van der Waals surface area contributed by atoms with Gasteiger partial charge in [-0.2, -0.15) is 0 Å². The summed E-state index contributed by atoms with van der Waals surface area (Å²) < 4.78 is 32.1. The molecule has 0 heterocycles. The maximum atomic E-state index is 11.5. The number of Topliss-reactive ketones (excluding diaryl/α,β-unsaturated/α-hetero) is 2. The van der Waals surface area contributed by atoms with E-state index in [9.17, 15) is 22.6 Å². The number of ketones is 2. The largest absolute Gasteiger partial charge is 1.00 e. The van der Waals surface area contributed by atoms with Crippen molar-refractivity contribution in [2.24, 2.45) is 0 Å². The number of carbonyl (C=O) groups is 2. The Labute approximate surface area is 127 Å². The summed E-state index contributed by atoms with van der Waals surface area (Å²) in [4.78, 5) is 22.6. The Kier molecular flexibility index (Phi) is 4.85. The molecule has 5 nitrogen and oxygen atoms in total. The van der Waals surface area contributed by atoms with Gasteiger partial charge in [0.15, 0.2) is 0 Å². The number of hydrogen-bond acceptors (Lipinski definition) is 5. The fraction of sp³-hybridized carbons (Fsp3) is 0.273. The molecule has 1 aromatic rings. The van der Waals surface area contributed by atoms with Crippen LogP contribution in [0.5, 0.6) is 0 Å². The summed E-state index contributed by atoms with van der Waals surface area (Å²) in [6, 6.07) is 4.93. The van der Waals surface area contributed by atoms with Crippen molar-refractivity contribution in [1.29, 1.82) is 0 Å². The van der Waals surface area contributed by atoms with Gasteiger partial charge < -0.3 is 4.55 Å². The minimum Gasteiger partial charge on any atom is -0.744 e. The third-order valence-corrected chi connectivity index (χ3v) is 3.61.